The largest absolute Gasteiger partial charge is 0.391 e. The monoisotopic (exact) mass is 336 g/mol. The molecule has 1 fully saturated rings. The Bertz CT molecular complexity index is 900. The van der Waals surface area contributed by atoms with E-state index in [0.29, 0.717) is 29.3 Å². The fourth-order valence-electron chi connectivity index (χ4n) is 3.08. The molecule has 1 unspecified atom stereocenters. The molecule has 25 heavy (non-hydrogen) atoms. The van der Waals surface area contributed by atoms with Crippen LogP contribution in [0.1, 0.15) is 18.4 Å². The molecule has 0 aliphatic carbocycles. The Morgan fingerprint density at radius 1 is 1.24 bits per heavy atom. The summed E-state index contributed by atoms with van der Waals surface area (Å²) in [7, 11) is 0. The summed E-state index contributed by atoms with van der Waals surface area (Å²) in [6.45, 7) is 3.45. The number of aliphatic hydroxyl groups excluding tert-OH is 1. The summed E-state index contributed by atoms with van der Waals surface area (Å²) >= 11 is 0. The van der Waals surface area contributed by atoms with Gasteiger partial charge in [0, 0.05) is 18.8 Å². The van der Waals surface area contributed by atoms with Crippen molar-refractivity contribution in [1.29, 1.82) is 0 Å². The topological polar surface area (TPSA) is 87.1 Å². The molecule has 128 valence electrons. The second-order valence-electron chi connectivity index (χ2n) is 6.36. The van der Waals surface area contributed by atoms with Gasteiger partial charge in [-0.1, -0.05) is 12.1 Å². The van der Waals surface area contributed by atoms with E-state index in [1.807, 2.05) is 30.0 Å². The van der Waals surface area contributed by atoms with Crippen molar-refractivity contribution in [3.05, 3.63) is 42.4 Å². The van der Waals surface area contributed by atoms with Crippen LogP contribution in [-0.4, -0.2) is 44.2 Å². The van der Waals surface area contributed by atoms with E-state index in [1.165, 1.54) is 11.9 Å². The molecule has 7 heteroatoms. The molecule has 1 aliphatic heterocycles. The van der Waals surface area contributed by atoms with Gasteiger partial charge in [0.25, 0.3) is 0 Å². The van der Waals surface area contributed by atoms with Crippen molar-refractivity contribution < 1.29 is 5.11 Å². The lowest BCUT2D eigenvalue weighted by Crippen LogP contribution is -2.39. The Kier molecular flexibility index (Phi) is 4.15. The van der Waals surface area contributed by atoms with Gasteiger partial charge in [0.15, 0.2) is 5.82 Å². The first-order valence-electron chi connectivity index (χ1n) is 8.43. The van der Waals surface area contributed by atoms with Gasteiger partial charge < -0.3 is 15.3 Å². The lowest BCUT2D eigenvalue weighted by Gasteiger charge is -2.30. The standard InChI is InChI=1S/C18H20N6O/c1-12-4-2-5-13(8-12)22-17-16-15(20-11-21-17)9-19-18(23-16)24-7-3-6-14(25)10-24/h2,4-5,8-9,11,14,25H,3,6-7,10H2,1H3,(H,20,21,22). The minimum atomic E-state index is -0.329. The third-order valence-corrected chi connectivity index (χ3v) is 4.32. The van der Waals surface area contributed by atoms with Gasteiger partial charge in [-0.3, -0.25) is 0 Å². The number of anilines is 3. The maximum atomic E-state index is 9.90. The van der Waals surface area contributed by atoms with E-state index in [9.17, 15) is 5.11 Å². The number of rotatable bonds is 3. The van der Waals surface area contributed by atoms with E-state index in [1.54, 1.807) is 6.20 Å². The highest BCUT2D eigenvalue weighted by Gasteiger charge is 2.20. The number of aromatic nitrogens is 4. The Morgan fingerprint density at radius 2 is 2.16 bits per heavy atom. The molecule has 2 N–H and O–H groups in total. The zero-order chi connectivity index (χ0) is 17.2. The zero-order valence-corrected chi connectivity index (χ0v) is 14.1. The van der Waals surface area contributed by atoms with Crippen molar-refractivity contribution in [2.45, 2.75) is 25.9 Å². The van der Waals surface area contributed by atoms with Crippen molar-refractivity contribution in [3.8, 4) is 0 Å². The average Bonchev–Trinajstić information content (AvgIpc) is 2.62. The van der Waals surface area contributed by atoms with Crippen LogP contribution in [0.15, 0.2) is 36.8 Å². The van der Waals surface area contributed by atoms with Gasteiger partial charge in [0.2, 0.25) is 5.95 Å². The first kappa shape index (κ1) is 15.7. The van der Waals surface area contributed by atoms with Crippen LogP contribution in [0.5, 0.6) is 0 Å². The second kappa shape index (κ2) is 6.60. The minimum absolute atomic E-state index is 0.329. The average molecular weight is 336 g/mol. The summed E-state index contributed by atoms with van der Waals surface area (Å²) in [6, 6.07) is 8.09. The van der Waals surface area contributed by atoms with Crippen LogP contribution in [0.4, 0.5) is 17.5 Å². The normalized spacial score (nSPS) is 17.7. The Morgan fingerprint density at radius 3 is 3.00 bits per heavy atom. The molecular formula is C18H20N6O. The van der Waals surface area contributed by atoms with E-state index in [0.717, 1.165) is 25.1 Å². The number of β-amino-alcohol motifs (C(OH)–C–C–N with tert-alkyl or cyclic N) is 1. The third kappa shape index (κ3) is 3.36. The Balaban J connectivity index is 1.70. The molecule has 1 saturated heterocycles. The van der Waals surface area contributed by atoms with Crippen LogP contribution < -0.4 is 10.2 Å². The molecule has 2 aromatic heterocycles. The smallest absolute Gasteiger partial charge is 0.226 e. The number of piperidine rings is 1. The van der Waals surface area contributed by atoms with E-state index in [2.05, 4.69) is 31.3 Å². The molecule has 0 amide bonds. The second-order valence-corrected chi connectivity index (χ2v) is 6.36. The summed E-state index contributed by atoms with van der Waals surface area (Å²) in [4.78, 5) is 19.7. The SMILES string of the molecule is Cc1cccc(Nc2ncnc3cnc(N4CCCC(O)C4)nc23)c1. The highest BCUT2D eigenvalue weighted by Crippen LogP contribution is 2.24. The lowest BCUT2D eigenvalue weighted by molar-refractivity contribution is 0.153. The predicted octanol–water partition coefficient (Wildman–Crippen LogP) is 2.43. The summed E-state index contributed by atoms with van der Waals surface area (Å²) < 4.78 is 0. The third-order valence-electron chi connectivity index (χ3n) is 4.32. The number of hydrogen-bond acceptors (Lipinski definition) is 7. The van der Waals surface area contributed by atoms with Crippen LogP contribution in [0.25, 0.3) is 11.0 Å². The van der Waals surface area contributed by atoms with Crippen LogP contribution in [0.2, 0.25) is 0 Å². The number of fused-ring (bicyclic) bond motifs is 1. The fourth-order valence-corrected chi connectivity index (χ4v) is 3.08. The van der Waals surface area contributed by atoms with E-state index >= 15 is 0 Å². The molecule has 0 spiro atoms. The van der Waals surface area contributed by atoms with Crippen molar-refractivity contribution in [1.82, 2.24) is 19.9 Å². The van der Waals surface area contributed by atoms with Crippen molar-refractivity contribution >= 4 is 28.5 Å². The maximum Gasteiger partial charge on any atom is 0.226 e. The van der Waals surface area contributed by atoms with E-state index in [-0.39, 0.29) is 6.10 Å². The highest BCUT2D eigenvalue weighted by molar-refractivity contribution is 5.87. The Hall–Kier alpha value is -2.80. The first-order chi connectivity index (χ1) is 12.2. The molecule has 3 heterocycles. The van der Waals surface area contributed by atoms with Gasteiger partial charge in [0.05, 0.1) is 12.3 Å². The van der Waals surface area contributed by atoms with Crippen LogP contribution in [0.3, 0.4) is 0 Å². The lowest BCUT2D eigenvalue weighted by atomic mass is 10.1. The van der Waals surface area contributed by atoms with Gasteiger partial charge >= 0.3 is 0 Å². The first-order valence-corrected chi connectivity index (χ1v) is 8.43. The number of aryl methyl sites for hydroxylation is 1. The molecule has 7 nitrogen and oxygen atoms in total. The van der Waals surface area contributed by atoms with E-state index < -0.39 is 0 Å². The van der Waals surface area contributed by atoms with Crippen LogP contribution >= 0.6 is 0 Å². The number of nitrogens with one attached hydrogen (secondary N) is 1. The molecule has 0 saturated carbocycles. The summed E-state index contributed by atoms with van der Waals surface area (Å²) in [5.41, 5.74) is 3.48. The fraction of sp³-hybridized carbons (Fsp3) is 0.333. The summed E-state index contributed by atoms with van der Waals surface area (Å²) in [5, 5.41) is 13.2. The van der Waals surface area contributed by atoms with Gasteiger partial charge in [-0.05, 0) is 37.5 Å². The van der Waals surface area contributed by atoms with Crippen molar-refractivity contribution in [3.63, 3.8) is 0 Å². The van der Waals surface area contributed by atoms with Crippen molar-refractivity contribution in [2.75, 3.05) is 23.3 Å². The van der Waals surface area contributed by atoms with Crippen LogP contribution in [-0.2, 0) is 0 Å². The molecule has 1 aromatic carbocycles. The quantitative estimate of drug-likeness (QED) is 0.759. The minimum Gasteiger partial charge on any atom is -0.391 e. The number of hydrogen-bond donors (Lipinski definition) is 2. The number of nitrogens with zero attached hydrogens (tertiary/aromatic N) is 5. The maximum absolute atomic E-state index is 9.90. The zero-order valence-electron chi connectivity index (χ0n) is 14.1. The van der Waals surface area contributed by atoms with Gasteiger partial charge in [-0.25, -0.2) is 19.9 Å². The van der Waals surface area contributed by atoms with Gasteiger partial charge in [0.1, 0.15) is 17.4 Å². The molecule has 1 atom stereocenters. The van der Waals surface area contributed by atoms with E-state index in [4.69, 9.17) is 0 Å². The summed E-state index contributed by atoms with van der Waals surface area (Å²) in [6.07, 6.45) is 4.65. The molecule has 0 radical (unpaired) electrons. The molecular weight excluding hydrogens is 316 g/mol. The summed E-state index contributed by atoms with van der Waals surface area (Å²) in [5.74, 6) is 1.25. The molecule has 0 bridgehead atoms. The number of aliphatic hydroxyl groups is 1. The predicted molar refractivity (Wildman–Crippen MR) is 97.0 cm³/mol. The molecule has 1 aliphatic rings. The molecule has 3 aromatic rings. The van der Waals surface area contributed by atoms with Gasteiger partial charge in [-0.15, -0.1) is 0 Å². The molecule has 4 rings (SSSR count). The van der Waals surface area contributed by atoms with Crippen LogP contribution in [0, 0.1) is 6.92 Å². The van der Waals surface area contributed by atoms with Gasteiger partial charge in [-0.2, -0.15) is 0 Å². The Labute approximate surface area is 145 Å². The number of benzene rings is 1. The highest BCUT2D eigenvalue weighted by atomic mass is 16.3. The van der Waals surface area contributed by atoms with Crippen molar-refractivity contribution in [2.24, 2.45) is 0 Å².